The van der Waals surface area contributed by atoms with Gasteiger partial charge in [-0.1, -0.05) is 30.3 Å². The molecule has 0 spiro atoms. The normalized spacial score (nSPS) is 13.6. The van der Waals surface area contributed by atoms with E-state index in [2.05, 4.69) is 25.0 Å². The molecule has 9 heteroatoms. The number of esters is 1. The standard InChI is InChI=1S/C25H29N5O4/c1-33-25(32)20-9-7-19(8-10-20)17-29-14-12-23-28-27-22(30(23)16-15-29)11-13-26-24(31)18-34-21-5-3-2-4-6-21/h2-10H,11-18H2,1H3,(H,26,31). The average molecular weight is 464 g/mol. The summed E-state index contributed by atoms with van der Waals surface area (Å²) in [7, 11) is 1.38. The molecule has 1 aliphatic rings. The van der Waals surface area contributed by atoms with Gasteiger partial charge in [0.05, 0.1) is 12.7 Å². The zero-order valence-electron chi connectivity index (χ0n) is 19.3. The minimum absolute atomic E-state index is 0.0163. The molecule has 4 rings (SSSR count). The fourth-order valence-corrected chi connectivity index (χ4v) is 3.92. The van der Waals surface area contributed by atoms with E-state index in [1.807, 2.05) is 42.5 Å². The summed E-state index contributed by atoms with van der Waals surface area (Å²) in [5.74, 6) is 2.03. The number of nitrogens with one attached hydrogen (secondary N) is 1. The largest absolute Gasteiger partial charge is 0.484 e. The van der Waals surface area contributed by atoms with Gasteiger partial charge in [0.25, 0.3) is 5.91 Å². The molecule has 0 aliphatic carbocycles. The number of nitrogens with zero attached hydrogens (tertiary/aromatic N) is 4. The van der Waals surface area contributed by atoms with Gasteiger partial charge in [-0.25, -0.2) is 4.79 Å². The van der Waals surface area contributed by atoms with Gasteiger partial charge in [0, 0.05) is 45.6 Å². The summed E-state index contributed by atoms with van der Waals surface area (Å²) in [6.07, 6.45) is 1.42. The highest BCUT2D eigenvalue weighted by atomic mass is 16.5. The second-order valence-corrected chi connectivity index (χ2v) is 8.10. The van der Waals surface area contributed by atoms with Crippen LogP contribution in [0, 0.1) is 0 Å². The monoisotopic (exact) mass is 463 g/mol. The van der Waals surface area contributed by atoms with E-state index in [1.54, 1.807) is 12.1 Å². The molecule has 0 atom stereocenters. The van der Waals surface area contributed by atoms with E-state index in [1.165, 1.54) is 7.11 Å². The topological polar surface area (TPSA) is 98.6 Å². The van der Waals surface area contributed by atoms with Gasteiger partial charge in [-0.2, -0.15) is 0 Å². The predicted molar refractivity (Wildman–Crippen MR) is 125 cm³/mol. The molecule has 1 amide bonds. The molecule has 9 nitrogen and oxygen atoms in total. The number of aromatic nitrogens is 3. The van der Waals surface area contributed by atoms with E-state index in [9.17, 15) is 9.59 Å². The van der Waals surface area contributed by atoms with Crippen LogP contribution in [-0.2, 0) is 35.5 Å². The van der Waals surface area contributed by atoms with Crippen LogP contribution < -0.4 is 10.1 Å². The molecular formula is C25H29N5O4. The fraction of sp³-hybridized carbons (Fsp3) is 0.360. The number of amides is 1. The number of methoxy groups -OCH3 is 1. The Morgan fingerprint density at radius 1 is 1.00 bits per heavy atom. The summed E-state index contributed by atoms with van der Waals surface area (Å²) in [5, 5.41) is 11.6. The first kappa shape index (κ1) is 23.4. The van der Waals surface area contributed by atoms with Gasteiger partial charge in [0.15, 0.2) is 6.61 Å². The number of benzene rings is 2. The highest BCUT2D eigenvalue weighted by Gasteiger charge is 2.19. The van der Waals surface area contributed by atoms with Crippen LogP contribution in [0.15, 0.2) is 54.6 Å². The Morgan fingerprint density at radius 2 is 1.79 bits per heavy atom. The molecule has 1 aliphatic heterocycles. The van der Waals surface area contributed by atoms with Gasteiger partial charge in [0.2, 0.25) is 0 Å². The smallest absolute Gasteiger partial charge is 0.337 e. The molecule has 0 fully saturated rings. The number of carbonyl (C=O) groups excluding carboxylic acids is 2. The third kappa shape index (κ3) is 6.20. The fourth-order valence-electron chi connectivity index (χ4n) is 3.92. The maximum absolute atomic E-state index is 12.1. The Bertz CT molecular complexity index is 1100. The van der Waals surface area contributed by atoms with Crippen LogP contribution in [-0.4, -0.2) is 64.9 Å². The maximum atomic E-state index is 12.1. The summed E-state index contributed by atoms with van der Waals surface area (Å²) < 4.78 is 12.4. The second-order valence-electron chi connectivity index (χ2n) is 8.10. The van der Waals surface area contributed by atoms with E-state index >= 15 is 0 Å². The molecule has 0 bridgehead atoms. The lowest BCUT2D eigenvalue weighted by Crippen LogP contribution is -2.31. The van der Waals surface area contributed by atoms with Gasteiger partial charge < -0.3 is 19.4 Å². The molecule has 0 saturated heterocycles. The Hall–Kier alpha value is -3.72. The SMILES string of the molecule is COC(=O)c1ccc(CN2CCc3nnc(CCNC(=O)COc4ccccc4)n3CC2)cc1. The van der Waals surface area contributed by atoms with Crippen molar-refractivity contribution in [1.82, 2.24) is 25.0 Å². The second kappa shape index (κ2) is 11.4. The third-order valence-electron chi connectivity index (χ3n) is 5.76. The number of para-hydroxylation sites is 1. The molecule has 1 N–H and O–H groups in total. The molecule has 1 aromatic heterocycles. The van der Waals surface area contributed by atoms with Crippen molar-refractivity contribution >= 4 is 11.9 Å². The number of rotatable bonds is 9. The molecule has 2 aromatic carbocycles. The Balaban J connectivity index is 1.23. The zero-order valence-corrected chi connectivity index (χ0v) is 19.3. The molecule has 34 heavy (non-hydrogen) atoms. The van der Waals surface area contributed by atoms with E-state index in [0.717, 1.165) is 49.8 Å². The van der Waals surface area contributed by atoms with E-state index < -0.39 is 0 Å². The summed E-state index contributed by atoms with van der Waals surface area (Å²) >= 11 is 0. The number of ether oxygens (including phenoxy) is 2. The summed E-state index contributed by atoms with van der Waals surface area (Å²) in [6.45, 7) is 3.80. The van der Waals surface area contributed by atoms with Crippen molar-refractivity contribution < 1.29 is 19.1 Å². The van der Waals surface area contributed by atoms with Gasteiger partial charge >= 0.3 is 5.97 Å². The van der Waals surface area contributed by atoms with Crippen LogP contribution in [0.5, 0.6) is 5.75 Å². The van der Waals surface area contributed by atoms with E-state index in [0.29, 0.717) is 24.3 Å². The first-order valence-electron chi connectivity index (χ1n) is 11.4. The molecule has 0 saturated carbocycles. The Morgan fingerprint density at radius 3 is 2.56 bits per heavy atom. The summed E-state index contributed by atoms with van der Waals surface area (Å²) in [6, 6.07) is 16.8. The molecule has 3 aromatic rings. The molecular weight excluding hydrogens is 434 g/mol. The van der Waals surface area contributed by atoms with Crippen LogP contribution in [0.4, 0.5) is 0 Å². The number of hydrogen-bond donors (Lipinski definition) is 1. The zero-order chi connectivity index (χ0) is 23.8. The van der Waals surface area contributed by atoms with Crippen LogP contribution in [0.25, 0.3) is 0 Å². The van der Waals surface area contributed by atoms with Crippen molar-refractivity contribution in [3.8, 4) is 5.75 Å². The lowest BCUT2D eigenvalue weighted by Gasteiger charge is -2.19. The minimum atomic E-state index is -0.327. The van der Waals surface area contributed by atoms with Gasteiger partial charge in [0.1, 0.15) is 17.4 Å². The van der Waals surface area contributed by atoms with E-state index in [4.69, 9.17) is 9.47 Å². The predicted octanol–water partition coefficient (Wildman–Crippen LogP) is 1.86. The number of hydrogen-bond acceptors (Lipinski definition) is 7. The van der Waals surface area contributed by atoms with Crippen LogP contribution >= 0.6 is 0 Å². The molecule has 0 unspecified atom stereocenters. The minimum Gasteiger partial charge on any atom is -0.484 e. The Kier molecular flexibility index (Phi) is 7.87. The van der Waals surface area contributed by atoms with Crippen molar-refractivity contribution in [2.75, 3.05) is 33.4 Å². The van der Waals surface area contributed by atoms with Crippen molar-refractivity contribution in [3.63, 3.8) is 0 Å². The first-order chi connectivity index (χ1) is 16.6. The van der Waals surface area contributed by atoms with Gasteiger partial charge in [-0.3, -0.25) is 9.69 Å². The highest BCUT2D eigenvalue weighted by molar-refractivity contribution is 5.89. The number of fused-ring (bicyclic) bond motifs is 1. The Labute approximate surface area is 198 Å². The summed E-state index contributed by atoms with van der Waals surface area (Å²) in [5.41, 5.74) is 1.70. The van der Waals surface area contributed by atoms with Crippen molar-refractivity contribution in [3.05, 3.63) is 77.4 Å². The molecule has 0 radical (unpaired) electrons. The van der Waals surface area contributed by atoms with Crippen LogP contribution in [0.3, 0.4) is 0 Å². The van der Waals surface area contributed by atoms with Crippen molar-refractivity contribution in [2.24, 2.45) is 0 Å². The lowest BCUT2D eigenvalue weighted by atomic mass is 10.1. The lowest BCUT2D eigenvalue weighted by molar-refractivity contribution is -0.123. The van der Waals surface area contributed by atoms with Crippen molar-refractivity contribution in [1.29, 1.82) is 0 Å². The third-order valence-corrected chi connectivity index (χ3v) is 5.76. The van der Waals surface area contributed by atoms with E-state index in [-0.39, 0.29) is 18.5 Å². The van der Waals surface area contributed by atoms with Gasteiger partial charge in [-0.15, -0.1) is 10.2 Å². The first-order valence-corrected chi connectivity index (χ1v) is 11.4. The summed E-state index contributed by atoms with van der Waals surface area (Å²) in [4.78, 5) is 26.1. The van der Waals surface area contributed by atoms with Gasteiger partial charge in [-0.05, 0) is 29.8 Å². The molecule has 178 valence electrons. The quantitative estimate of drug-likeness (QED) is 0.484. The maximum Gasteiger partial charge on any atom is 0.337 e. The number of carbonyl (C=O) groups is 2. The van der Waals surface area contributed by atoms with Crippen LogP contribution in [0.2, 0.25) is 0 Å². The molecule has 2 heterocycles. The van der Waals surface area contributed by atoms with Crippen LogP contribution in [0.1, 0.15) is 27.6 Å². The highest BCUT2D eigenvalue weighted by Crippen LogP contribution is 2.14. The average Bonchev–Trinajstić information content (AvgIpc) is 3.15. The van der Waals surface area contributed by atoms with Crippen molar-refractivity contribution in [2.45, 2.75) is 25.9 Å².